The maximum absolute atomic E-state index is 9.29. The van der Waals surface area contributed by atoms with E-state index in [1.165, 1.54) is 0 Å². The van der Waals surface area contributed by atoms with E-state index in [0.29, 0.717) is 28.1 Å². The molecule has 0 saturated heterocycles. The second-order valence-corrected chi connectivity index (χ2v) is 6.69. The number of rotatable bonds is 5. The van der Waals surface area contributed by atoms with Gasteiger partial charge in [0.1, 0.15) is 5.69 Å². The molecule has 1 aliphatic carbocycles. The van der Waals surface area contributed by atoms with Gasteiger partial charge in [-0.05, 0) is 37.3 Å². The highest BCUT2D eigenvalue weighted by molar-refractivity contribution is 6.33. The molecule has 1 aromatic heterocycles. The fourth-order valence-electron chi connectivity index (χ4n) is 2.83. The van der Waals surface area contributed by atoms with E-state index in [1.807, 2.05) is 12.1 Å². The Hall–Kier alpha value is -1.96. The number of aromatic nitrogens is 2. The van der Waals surface area contributed by atoms with Crippen LogP contribution in [0.1, 0.15) is 19.3 Å². The van der Waals surface area contributed by atoms with E-state index in [0.717, 1.165) is 19.3 Å². The highest BCUT2D eigenvalue weighted by Crippen LogP contribution is 2.36. The number of aliphatic hydroxyl groups excluding tert-OH is 1. The first-order valence-electron chi connectivity index (χ1n) is 7.93. The number of hydrogen-bond donors (Lipinski definition) is 3. The van der Waals surface area contributed by atoms with Gasteiger partial charge in [0.05, 0.1) is 5.02 Å². The van der Waals surface area contributed by atoms with E-state index in [1.54, 1.807) is 12.1 Å². The maximum Gasteiger partial charge on any atom is 0.223 e. The van der Waals surface area contributed by atoms with Crippen LogP contribution in [-0.4, -0.2) is 27.7 Å². The summed E-state index contributed by atoms with van der Waals surface area (Å²) in [6.07, 6.45) is 2.73. The zero-order chi connectivity index (χ0) is 17.8. The second-order valence-electron chi connectivity index (χ2n) is 5.92. The molecule has 0 unspecified atom stereocenters. The van der Waals surface area contributed by atoms with Crippen molar-refractivity contribution in [2.24, 2.45) is 16.1 Å². The van der Waals surface area contributed by atoms with Crippen LogP contribution in [0.5, 0.6) is 0 Å². The lowest BCUT2D eigenvalue weighted by Gasteiger charge is -2.15. The Morgan fingerprint density at radius 2 is 2.00 bits per heavy atom. The average Bonchev–Trinajstić information content (AvgIpc) is 3.03. The summed E-state index contributed by atoms with van der Waals surface area (Å²) in [6, 6.07) is 7.26. The van der Waals surface area contributed by atoms with Gasteiger partial charge in [0, 0.05) is 12.6 Å². The molecule has 0 amide bonds. The Morgan fingerprint density at radius 3 is 2.72 bits per heavy atom. The first-order chi connectivity index (χ1) is 12.1. The molecule has 25 heavy (non-hydrogen) atoms. The van der Waals surface area contributed by atoms with E-state index in [-0.39, 0.29) is 23.8 Å². The van der Waals surface area contributed by atoms with Crippen LogP contribution in [0.4, 0.5) is 23.1 Å². The fourth-order valence-corrected chi connectivity index (χ4v) is 3.22. The molecule has 0 aliphatic heterocycles. The Morgan fingerprint density at radius 1 is 1.20 bits per heavy atom. The summed E-state index contributed by atoms with van der Waals surface area (Å²) >= 11 is 12.3. The molecule has 3 rings (SSSR count). The third-order valence-electron chi connectivity index (χ3n) is 4.11. The quantitative estimate of drug-likeness (QED) is 0.527. The lowest BCUT2D eigenvalue weighted by atomic mass is 10.1. The van der Waals surface area contributed by atoms with Crippen molar-refractivity contribution in [2.75, 3.05) is 17.7 Å². The molecular weight excluding hydrogens is 363 g/mol. The van der Waals surface area contributed by atoms with Crippen molar-refractivity contribution in [3.8, 4) is 0 Å². The molecule has 2 atom stereocenters. The van der Waals surface area contributed by atoms with Crippen molar-refractivity contribution < 1.29 is 5.11 Å². The van der Waals surface area contributed by atoms with E-state index in [9.17, 15) is 5.11 Å². The monoisotopic (exact) mass is 380 g/mol. The van der Waals surface area contributed by atoms with Gasteiger partial charge in [-0.15, -0.1) is 10.2 Å². The first kappa shape index (κ1) is 17.8. The highest BCUT2D eigenvalue weighted by atomic mass is 35.5. The van der Waals surface area contributed by atoms with Crippen LogP contribution < -0.4 is 11.1 Å². The first-order valence-corrected chi connectivity index (χ1v) is 8.69. The van der Waals surface area contributed by atoms with Gasteiger partial charge in [-0.2, -0.15) is 9.97 Å². The van der Waals surface area contributed by atoms with E-state index < -0.39 is 0 Å². The Labute approximate surface area is 155 Å². The van der Waals surface area contributed by atoms with Gasteiger partial charge >= 0.3 is 0 Å². The number of halogens is 2. The van der Waals surface area contributed by atoms with Crippen LogP contribution in [-0.2, 0) is 0 Å². The molecule has 1 aliphatic rings. The van der Waals surface area contributed by atoms with Gasteiger partial charge in [0.15, 0.2) is 16.7 Å². The smallest absolute Gasteiger partial charge is 0.223 e. The number of hydrogen-bond acceptors (Lipinski definition) is 7. The average molecular weight is 381 g/mol. The van der Waals surface area contributed by atoms with Gasteiger partial charge < -0.3 is 16.2 Å². The fraction of sp³-hybridized carbons (Fsp3) is 0.375. The molecule has 1 fully saturated rings. The molecule has 9 heteroatoms. The van der Waals surface area contributed by atoms with Crippen LogP contribution >= 0.6 is 23.2 Å². The molecule has 4 N–H and O–H groups in total. The summed E-state index contributed by atoms with van der Waals surface area (Å²) in [4.78, 5) is 8.14. The number of nitrogens with one attached hydrogen (secondary N) is 1. The molecule has 1 saturated carbocycles. The summed E-state index contributed by atoms with van der Waals surface area (Å²) in [5.74, 6) is 0.776. The van der Waals surface area contributed by atoms with E-state index >= 15 is 0 Å². The lowest BCUT2D eigenvalue weighted by molar-refractivity contribution is 0.229. The standard InChI is InChI=1S/C16H18Cl2N6O/c17-11-3-1-2-4-12(11)23-24-13-14(18)21-16(19)22-15(13)20-10-6-5-9(7-10)8-25/h1-4,9-10,25H,5-8H2,(H3,19,20,21,22)/t9-,10+/m1/s1. The summed E-state index contributed by atoms with van der Waals surface area (Å²) in [5.41, 5.74) is 6.53. The van der Waals surface area contributed by atoms with E-state index in [2.05, 4.69) is 25.5 Å². The summed E-state index contributed by atoms with van der Waals surface area (Å²) in [5, 5.41) is 21.5. The van der Waals surface area contributed by atoms with Gasteiger partial charge in [0.2, 0.25) is 5.95 Å². The minimum atomic E-state index is 0.0564. The van der Waals surface area contributed by atoms with Crippen molar-refractivity contribution in [3.63, 3.8) is 0 Å². The predicted molar refractivity (Wildman–Crippen MR) is 98.9 cm³/mol. The Bertz CT molecular complexity index is 785. The largest absolute Gasteiger partial charge is 0.396 e. The SMILES string of the molecule is Nc1nc(Cl)c(N=Nc2ccccc2Cl)c(N[C@H]2CC[C@@H](CO)C2)n1. The molecule has 2 aromatic rings. The predicted octanol–water partition coefficient (Wildman–Crippen LogP) is 4.35. The molecule has 1 aromatic carbocycles. The molecule has 0 radical (unpaired) electrons. The summed E-state index contributed by atoms with van der Waals surface area (Å²) in [6.45, 7) is 0.184. The molecule has 0 spiro atoms. The minimum Gasteiger partial charge on any atom is -0.396 e. The number of benzene rings is 1. The van der Waals surface area contributed by atoms with Gasteiger partial charge in [-0.1, -0.05) is 35.3 Å². The van der Waals surface area contributed by atoms with Gasteiger partial charge in [-0.3, -0.25) is 0 Å². The van der Waals surface area contributed by atoms with Crippen molar-refractivity contribution in [3.05, 3.63) is 34.4 Å². The zero-order valence-corrected chi connectivity index (χ0v) is 14.9. The van der Waals surface area contributed by atoms with Gasteiger partial charge in [0.25, 0.3) is 0 Å². The van der Waals surface area contributed by atoms with Crippen LogP contribution in [0.3, 0.4) is 0 Å². The normalized spacial score (nSPS) is 20.3. The summed E-state index contributed by atoms with van der Waals surface area (Å²) in [7, 11) is 0. The molecule has 1 heterocycles. The zero-order valence-electron chi connectivity index (χ0n) is 13.4. The summed E-state index contributed by atoms with van der Waals surface area (Å²) < 4.78 is 0. The molecular formula is C16H18Cl2N6O. The number of nitrogen functional groups attached to an aromatic ring is 1. The number of aliphatic hydroxyl groups is 1. The lowest BCUT2D eigenvalue weighted by Crippen LogP contribution is -2.18. The van der Waals surface area contributed by atoms with Crippen LogP contribution in [0.15, 0.2) is 34.5 Å². The molecule has 0 bridgehead atoms. The van der Waals surface area contributed by atoms with Crippen LogP contribution in [0.2, 0.25) is 10.2 Å². The second kappa shape index (κ2) is 7.95. The van der Waals surface area contributed by atoms with Crippen molar-refractivity contribution in [1.29, 1.82) is 0 Å². The van der Waals surface area contributed by atoms with Crippen molar-refractivity contribution in [2.45, 2.75) is 25.3 Å². The number of anilines is 2. The minimum absolute atomic E-state index is 0.0564. The van der Waals surface area contributed by atoms with Crippen molar-refractivity contribution in [1.82, 2.24) is 9.97 Å². The number of azo groups is 1. The van der Waals surface area contributed by atoms with Crippen LogP contribution in [0, 0.1) is 5.92 Å². The maximum atomic E-state index is 9.29. The Balaban J connectivity index is 1.87. The van der Waals surface area contributed by atoms with Crippen LogP contribution in [0.25, 0.3) is 0 Å². The topological polar surface area (TPSA) is 109 Å². The third kappa shape index (κ3) is 4.36. The Kier molecular flexibility index (Phi) is 5.67. The highest BCUT2D eigenvalue weighted by Gasteiger charge is 2.25. The number of nitrogens with two attached hydrogens (primary N) is 1. The molecule has 132 valence electrons. The van der Waals surface area contributed by atoms with Gasteiger partial charge in [-0.25, -0.2) is 0 Å². The van der Waals surface area contributed by atoms with E-state index in [4.69, 9.17) is 28.9 Å². The third-order valence-corrected chi connectivity index (χ3v) is 4.69. The number of nitrogens with zero attached hydrogens (tertiary/aromatic N) is 4. The molecule has 7 nitrogen and oxygen atoms in total. The van der Waals surface area contributed by atoms with Crippen molar-refractivity contribution >= 4 is 46.3 Å².